The van der Waals surface area contributed by atoms with Crippen LogP contribution in [-0.2, 0) is 0 Å². The third-order valence-corrected chi connectivity index (χ3v) is 5.67. The minimum Gasteiger partial charge on any atom is -0.493 e. The van der Waals surface area contributed by atoms with E-state index in [1.165, 1.54) is 5.69 Å². The summed E-state index contributed by atoms with van der Waals surface area (Å²) in [5.41, 5.74) is 7.48. The van der Waals surface area contributed by atoms with Gasteiger partial charge in [-0.1, -0.05) is 60.7 Å². The van der Waals surface area contributed by atoms with Crippen molar-refractivity contribution in [1.82, 2.24) is 4.98 Å². The van der Waals surface area contributed by atoms with E-state index in [1.54, 1.807) is 0 Å². The summed E-state index contributed by atoms with van der Waals surface area (Å²) >= 11 is 0. The quantitative estimate of drug-likeness (QED) is 0.297. The van der Waals surface area contributed by atoms with Gasteiger partial charge >= 0.3 is 0 Å². The van der Waals surface area contributed by atoms with Crippen molar-refractivity contribution < 1.29 is 4.74 Å². The molecular formula is C29H30N2O. The molecule has 0 saturated carbocycles. The van der Waals surface area contributed by atoms with Crippen molar-refractivity contribution in [2.24, 2.45) is 0 Å². The lowest BCUT2D eigenvalue weighted by molar-refractivity contribution is 0.341. The minimum absolute atomic E-state index is 0.622. The van der Waals surface area contributed by atoms with Gasteiger partial charge in [0, 0.05) is 41.5 Å². The van der Waals surface area contributed by atoms with E-state index in [4.69, 9.17) is 9.72 Å². The summed E-state index contributed by atoms with van der Waals surface area (Å²) in [6, 6.07) is 31.6. The van der Waals surface area contributed by atoms with Crippen LogP contribution in [0.2, 0.25) is 0 Å². The van der Waals surface area contributed by atoms with Crippen molar-refractivity contribution in [3.05, 3.63) is 91.0 Å². The molecule has 0 fully saturated rings. The number of ether oxygens (including phenoxy) is 1. The number of anilines is 1. The fourth-order valence-corrected chi connectivity index (χ4v) is 4.01. The summed E-state index contributed by atoms with van der Waals surface area (Å²) in [5.74, 6) is 0.904. The summed E-state index contributed by atoms with van der Waals surface area (Å²) in [6.45, 7) is 8.94. The molecule has 4 rings (SSSR count). The molecule has 0 aliphatic heterocycles. The highest BCUT2D eigenvalue weighted by molar-refractivity contribution is 5.80. The number of hydrogen-bond acceptors (Lipinski definition) is 3. The number of aromatic nitrogens is 1. The molecule has 162 valence electrons. The number of rotatable bonds is 8. The lowest BCUT2D eigenvalue weighted by atomic mass is 9.99. The van der Waals surface area contributed by atoms with E-state index >= 15 is 0 Å². The Balaban J connectivity index is 1.89. The van der Waals surface area contributed by atoms with E-state index in [2.05, 4.69) is 97.6 Å². The molecule has 32 heavy (non-hydrogen) atoms. The Labute approximate surface area is 191 Å². The first kappa shape index (κ1) is 21.6. The summed E-state index contributed by atoms with van der Waals surface area (Å²) in [4.78, 5) is 7.34. The number of nitrogens with zero attached hydrogens (tertiary/aromatic N) is 2. The van der Waals surface area contributed by atoms with E-state index in [0.29, 0.717) is 6.61 Å². The largest absolute Gasteiger partial charge is 0.493 e. The second kappa shape index (κ2) is 10.1. The van der Waals surface area contributed by atoms with Crippen molar-refractivity contribution in [1.29, 1.82) is 0 Å². The molecule has 4 aromatic rings. The lowest BCUT2D eigenvalue weighted by Crippen LogP contribution is -2.21. The molecule has 0 atom stereocenters. The monoisotopic (exact) mass is 422 g/mol. The fraction of sp³-hybridized carbons (Fsp3) is 0.207. The van der Waals surface area contributed by atoms with Crippen LogP contribution in [0.3, 0.4) is 0 Å². The third kappa shape index (κ3) is 4.67. The second-order valence-electron chi connectivity index (χ2n) is 7.64. The van der Waals surface area contributed by atoms with Crippen molar-refractivity contribution in [3.63, 3.8) is 0 Å². The molecular weight excluding hydrogens is 392 g/mol. The highest BCUT2D eigenvalue weighted by Crippen LogP contribution is 2.37. The van der Waals surface area contributed by atoms with Gasteiger partial charge in [-0.15, -0.1) is 0 Å². The van der Waals surface area contributed by atoms with Gasteiger partial charge in [0.25, 0.3) is 0 Å². The fourth-order valence-electron chi connectivity index (χ4n) is 4.01. The van der Waals surface area contributed by atoms with E-state index in [-0.39, 0.29) is 0 Å². The highest BCUT2D eigenvalue weighted by Gasteiger charge is 2.14. The maximum atomic E-state index is 6.12. The van der Waals surface area contributed by atoms with Crippen LogP contribution in [0.15, 0.2) is 91.0 Å². The van der Waals surface area contributed by atoms with Gasteiger partial charge < -0.3 is 9.64 Å². The SMILES string of the molecule is CCOc1cc(N(CC)CC)ccc1-c1cc(-c2ccccc2)nc(-c2ccccc2)c1. The zero-order valence-corrected chi connectivity index (χ0v) is 19.1. The Morgan fingerprint density at radius 1 is 0.656 bits per heavy atom. The Morgan fingerprint density at radius 2 is 1.22 bits per heavy atom. The number of hydrogen-bond donors (Lipinski definition) is 0. The predicted molar refractivity (Wildman–Crippen MR) is 135 cm³/mol. The highest BCUT2D eigenvalue weighted by atomic mass is 16.5. The molecule has 1 heterocycles. The van der Waals surface area contributed by atoms with Crippen molar-refractivity contribution in [2.45, 2.75) is 20.8 Å². The van der Waals surface area contributed by atoms with Crippen molar-refractivity contribution in [2.75, 3.05) is 24.6 Å². The van der Waals surface area contributed by atoms with Crippen LogP contribution in [0, 0.1) is 0 Å². The van der Waals surface area contributed by atoms with Crippen molar-refractivity contribution in [3.8, 4) is 39.4 Å². The molecule has 1 aromatic heterocycles. The van der Waals surface area contributed by atoms with Crippen LogP contribution < -0.4 is 9.64 Å². The van der Waals surface area contributed by atoms with E-state index in [0.717, 1.165) is 52.5 Å². The van der Waals surface area contributed by atoms with Crippen LogP contribution in [0.4, 0.5) is 5.69 Å². The molecule has 0 aliphatic rings. The van der Waals surface area contributed by atoms with E-state index in [1.807, 2.05) is 19.1 Å². The smallest absolute Gasteiger partial charge is 0.129 e. The molecule has 0 radical (unpaired) electrons. The first-order chi connectivity index (χ1) is 15.7. The standard InChI is InChI=1S/C29H30N2O/c1-4-31(5-2)25-17-18-26(29(21-25)32-6-3)24-19-27(22-13-9-7-10-14-22)30-28(20-24)23-15-11-8-12-16-23/h7-21H,4-6H2,1-3H3. The van der Waals surface area contributed by atoms with Gasteiger partial charge in [0.05, 0.1) is 18.0 Å². The second-order valence-corrected chi connectivity index (χ2v) is 7.64. The van der Waals surface area contributed by atoms with Gasteiger partial charge in [-0.3, -0.25) is 0 Å². The van der Waals surface area contributed by atoms with Crippen LogP contribution in [0.1, 0.15) is 20.8 Å². The topological polar surface area (TPSA) is 25.4 Å². The Morgan fingerprint density at radius 3 is 1.72 bits per heavy atom. The molecule has 3 aromatic carbocycles. The van der Waals surface area contributed by atoms with Gasteiger partial charge in [0.15, 0.2) is 0 Å². The van der Waals surface area contributed by atoms with Gasteiger partial charge in [0.1, 0.15) is 5.75 Å². The van der Waals surface area contributed by atoms with Gasteiger partial charge in [-0.25, -0.2) is 4.98 Å². The zero-order chi connectivity index (χ0) is 22.3. The molecule has 3 heteroatoms. The molecule has 0 amide bonds. The van der Waals surface area contributed by atoms with E-state index in [9.17, 15) is 0 Å². The summed E-state index contributed by atoms with van der Waals surface area (Å²) < 4.78 is 6.12. The maximum absolute atomic E-state index is 6.12. The summed E-state index contributed by atoms with van der Waals surface area (Å²) in [5, 5.41) is 0. The van der Waals surface area contributed by atoms with Gasteiger partial charge in [-0.05, 0) is 50.6 Å². The molecule has 0 saturated heterocycles. The molecule has 0 aliphatic carbocycles. The first-order valence-corrected chi connectivity index (χ1v) is 11.4. The summed E-state index contributed by atoms with van der Waals surface area (Å²) in [7, 11) is 0. The maximum Gasteiger partial charge on any atom is 0.129 e. The molecule has 0 spiro atoms. The zero-order valence-electron chi connectivity index (χ0n) is 19.1. The first-order valence-electron chi connectivity index (χ1n) is 11.4. The van der Waals surface area contributed by atoms with Crippen molar-refractivity contribution >= 4 is 5.69 Å². The molecule has 0 unspecified atom stereocenters. The molecule has 0 N–H and O–H groups in total. The van der Waals surface area contributed by atoms with Gasteiger partial charge in [0.2, 0.25) is 0 Å². The minimum atomic E-state index is 0.622. The van der Waals surface area contributed by atoms with Crippen LogP contribution >= 0.6 is 0 Å². The third-order valence-electron chi connectivity index (χ3n) is 5.67. The predicted octanol–water partition coefficient (Wildman–Crippen LogP) is 7.33. The Hall–Kier alpha value is -3.59. The lowest BCUT2D eigenvalue weighted by Gasteiger charge is -2.23. The van der Waals surface area contributed by atoms with Crippen LogP contribution in [0.25, 0.3) is 33.6 Å². The average molecular weight is 423 g/mol. The normalized spacial score (nSPS) is 10.7. The van der Waals surface area contributed by atoms with Crippen LogP contribution in [-0.4, -0.2) is 24.7 Å². The average Bonchev–Trinajstić information content (AvgIpc) is 2.86. The van der Waals surface area contributed by atoms with Gasteiger partial charge in [-0.2, -0.15) is 0 Å². The summed E-state index contributed by atoms with van der Waals surface area (Å²) in [6.07, 6.45) is 0. The van der Waals surface area contributed by atoms with E-state index < -0.39 is 0 Å². The molecule has 0 bridgehead atoms. The number of benzene rings is 3. The van der Waals surface area contributed by atoms with Crippen LogP contribution in [0.5, 0.6) is 5.75 Å². The Kier molecular flexibility index (Phi) is 6.86. The molecule has 3 nitrogen and oxygen atoms in total. The Bertz CT molecular complexity index is 1090. The number of pyridine rings is 1.